The van der Waals surface area contributed by atoms with Crippen molar-refractivity contribution in [3.05, 3.63) is 22.2 Å². The van der Waals surface area contributed by atoms with E-state index in [0.717, 1.165) is 19.3 Å². The standard InChI is InChI=1S/C14H20Cl2N2O3S.ClH/c1-21-13-7-12(16)14(8-11(13)15)22(19,20)18-6-2-3-10(9-18)4-5-17;/h7-8,10H,2-6,9,17H2,1H3;1H. The fourth-order valence-electron chi connectivity index (χ4n) is 2.72. The molecule has 1 saturated heterocycles. The smallest absolute Gasteiger partial charge is 0.244 e. The Balaban J connectivity index is 0.00000264. The minimum absolute atomic E-state index is 0. The van der Waals surface area contributed by atoms with Crippen LogP contribution in [0.3, 0.4) is 0 Å². The lowest BCUT2D eigenvalue weighted by atomic mass is 9.96. The second kappa shape index (κ2) is 8.74. The van der Waals surface area contributed by atoms with Crippen molar-refractivity contribution in [1.82, 2.24) is 4.31 Å². The molecule has 1 aromatic carbocycles. The number of hydrogen-bond donors (Lipinski definition) is 1. The van der Waals surface area contributed by atoms with Crippen molar-refractivity contribution < 1.29 is 13.2 Å². The van der Waals surface area contributed by atoms with Crippen molar-refractivity contribution in [1.29, 1.82) is 0 Å². The maximum absolute atomic E-state index is 12.8. The molecule has 1 heterocycles. The number of ether oxygens (including phenoxy) is 1. The van der Waals surface area contributed by atoms with Crippen molar-refractivity contribution in [3.63, 3.8) is 0 Å². The fraction of sp³-hybridized carbons (Fsp3) is 0.571. The van der Waals surface area contributed by atoms with Crippen molar-refractivity contribution >= 4 is 45.6 Å². The highest BCUT2D eigenvalue weighted by Gasteiger charge is 2.32. The van der Waals surface area contributed by atoms with Gasteiger partial charge in [0.25, 0.3) is 0 Å². The first-order chi connectivity index (χ1) is 10.4. The van der Waals surface area contributed by atoms with Gasteiger partial charge in [-0.1, -0.05) is 23.2 Å². The third-order valence-corrected chi connectivity index (χ3v) is 6.51. The number of sulfonamides is 1. The monoisotopic (exact) mass is 402 g/mol. The molecule has 0 aliphatic carbocycles. The fourth-order valence-corrected chi connectivity index (χ4v) is 5.10. The van der Waals surface area contributed by atoms with E-state index in [4.69, 9.17) is 33.7 Å². The minimum atomic E-state index is -3.67. The lowest BCUT2D eigenvalue weighted by Gasteiger charge is -2.32. The predicted octanol–water partition coefficient (Wildman–Crippen LogP) is 3.17. The largest absolute Gasteiger partial charge is 0.495 e. The average Bonchev–Trinajstić information content (AvgIpc) is 2.49. The molecule has 1 aliphatic heterocycles. The Labute approximate surface area is 153 Å². The second-order valence-corrected chi connectivity index (χ2v) is 8.09. The number of halogens is 3. The van der Waals surface area contributed by atoms with Crippen LogP contribution >= 0.6 is 35.6 Å². The average molecular weight is 404 g/mol. The van der Waals surface area contributed by atoms with Gasteiger partial charge in [0.2, 0.25) is 10.0 Å². The Hall–Kier alpha value is -0.240. The Morgan fingerprint density at radius 2 is 2.04 bits per heavy atom. The molecule has 0 bridgehead atoms. The highest BCUT2D eigenvalue weighted by atomic mass is 35.5. The molecule has 0 aromatic heterocycles. The molecule has 0 saturated carbocycles. The molecule has 1 unspecified atom stereocenters. The van der Waals surface area contributed by atoms with Gasteiger partial charge in [-0.25, -0.2) is 8.42 Å². The predicted molar refractivity (Wildman–Crippen MR) is 95.4 cm³/mol. The number of hydrogen-bond acceptors (Lipinski definition) is 4. The minimum Gasteiger partial charge on any atom is -0.495 e. The number of rotatable bonds is 5. The maximum Gasteiger partial charge on any atom is 0.244 e. The number of benzene rings is 1. The van der Waals surface area contributed by atoms with E-state index in [9.17, 15) is 8.42 Å². The summed E-state index contributed by atoms with van der Waals surface area (Å²) in [7, 11) is -2.22. The van der Waals surface area contributed by atoms with Crippen LogP contribution in [0.4, 0.5) is 0 Å². The molecule has 1 aromatic rings. The Morgan fingerprint density at radius 3 is 2.65 bits per heavy atom. The van der Waals surface area contributed by atoms with Crippen LogP contribution in [0.25, 0.3) is 0 Å². The molecular formula is C14H21Cl3N2O3S. The number of nitrogens with zero attached hydrogens (tertiary/aromatic N) is 1. The summed E-state index contributed by atoms with van der Waals surface area (Å²) < 4.78 is 32.2. The van der Waals surface area contributed by atoms with Crippen molar-refractivity contribution in [2.24, 2.45) is 11.7 Å². The summed E-state index contributed by atoms with van der Waals surface area (Å²) in [5.74, 6) is 0.645. The van der Waals surface area contributed by atoms with Crippen LogP contribution in [0.15, 0.2) is 17.0 Å². The zero-order valence-corrected chi connectivity index (χ0v) is 15.9. The molecule has 0 radical (unpaired) electrons. The second-order valence-electron chi connectivity index (χ2n) is 5.37. The van der Waals surface area contributed by atoms with Gasteiger partial charge in [0.1, 0.15) is 10.6 Å². The van der Waals surface area contributed by atoms with Gasteiger partial charge in [-0.05, 0) is 37.8 Å². The van der Waals surface area contributed by atoms with E-state index in [1.54, 1.807) is 0 Å². The van der Waals surface area contributed by atoms with Crippen LogP contribution in [0.2, 0.25) is 10.0 Å². The van der Waals surface area contributed by atoms with Crippen LogP contribution in [-0.2, 0) is 10.0 Å². The number of nitrogens with two attached hydrogens (primary N) is 1. The van der Waals surface area contributed by atoms with E-state index in [-0.39, 0.29) is 27.3 Å². The van der Waals surface area contributed by atoms with Gasteiger partial charge >= 0.3 is 0 Å². The van der Waals surface area contributed by atoms with Gasteiger partial charge in [-0.2, -0.15) is 4.31 Å². The number of piperidine rings is 1. The third-order valence-electron chi connectivity index (χ3n) is 3.88. The van der Waals surface area contributed by atoms with Crippen LogP contribution in [0.5, 0.6) is 5.75 Å². The van der Waals surface area contributed by atoms with E-state index in [2.05, 4.69) is 0 Å². The Bertz CT molecular complexity index is 638. The van der Waals surface area contributed by atoms with E-state index in [1.807, 2.05) is 0 Å². The van der Waals surface area contributed by atoms with E-state index < -0.39 is 10.0 Å². The molecule has 1 aliphatic rings. The van der Waals surface area contributed by atoms with Crippen LogP contribution in [0.1, 0.15) is 19.3 Å². The zero-order valence-electron chi connectivity index (χ0n) is 12.8. The first-order valence-electron chi connectivity index (χ1n) is 7.13. The lowest BCUT2D eigenvalue weighted by Crippen LogP contribution is -2.40. The van der Waals surface area contributed by atoms with E-state index >= 15 is 0 Å². The molecule has 9 heteroatoms. The SMILES string of the molecule is COc1cc(Cl)c(S(=O)(=O)N2CCCC(CCN)C2)cc1Cl.Cl. The summed E-state index contributed by atoms with van der Waals surface area (Å²) in [4.78, 5) is 0.0216. The first-order valence-corrected chi connectivity index (χ1v) is 9.33. The summed E-state index contributed by atoms with van der Waals surface area (Å²) >= 11 is 12.2. The van der Waals surface area contributed by atoms with E-state index in [1.165, 1.54) is 23.5 Å². The zero-order chi connectivity index (χ0) is 16.3. The molecule has 23 heavy (non-hydrogen) atoms. The summed E-state index contributed by atoms with van der Waals surface area (Å²) in [6, 6.07) is 2.78. The summed E-state index contributed by atoms with van der Waals surface area (Å²) in [6.07, 6.45) is 2.65. The van der Waals surface area contributed by atoms with Gasteiger partial charge < -0.3 is 10.5 Å². The molecule has 1 fully saturated rings. The maximum atomic E-state index is 12.8. The summed E-state index contributed by atoms with van der Waals surface area (Å²) in [6.45, 7) is 1.52. The highest BCUT2D eigenvalue weighted by Crippen LogP contribution is 2.35. The highest BCUT2D eigenvalue weighted by molar-refractivity contribution is 7.89. The van der Waals surface area contributed by atoms with E-state index in [0.29, 0.717) is 31.3 Å². The van der Waals surface area contributed by atoms with Gasteiger partial charge in [-0.15, -0.1) is 12.4 Å². The summed E-state index contributed by atoms with van der Waals surface area (Å²) in [5.41, 5.74) is 5.58. The molecule has 132 valence electrons. The molecule has 5 nitrogen and oxygen atoms in total. The van der Waals surface area contributed by atoms with Gasteiger partial charge in [0.05, 0.1) is 17.2 Å². The molecule has 2 rings (SSSR count). The van der Waals surface area contributed by atoms with Crippen molar-refractivity contribution in [3.8, 4) is 5.75 Å². The van der Waals surface area contributed by atoms with Crippen molar-refractivity contribution in [2.45, 2.75) is 24.2 Å². The molecule has 0 amide bonds. The van der Waals surface area contributed by atoms with Crippen LogP contribution in [-0.4, -0.2) is 39.5 Å². The van der Waals surface area contributed by atoms with Crippen molar-refractivity contribution in [2.75, 3.05) is 26.7 Å². The lowest BCUT2D eigenvalue weighted by molar-refractivity contribution is 0.258. The number of methoxy groups -OCH3 is 1. The Morgan fingerprint density at radius 1 is 1.35 bits per heavy atom. The molecule has 1 atom stereocenters. The van der Waals surface area contributed by atoms with Crippen LogP contribution in [0, 0.1) is 5.92 Å². The topological polar surface area (TPSA) is 72.6 Å². The molecular weight excluding hydrogens is 383 g/mol. The third kappa shape index (κ3) is 4.65. The Kier molecular flexibility index (Phi) is 7.90. The van der Waals surface area contributed by atoms with Gasteiger partial charge in [0, 0.05) is 19.2 Å². The van der Waals surface area contributed by atoms with Crippen LogP contribution < -0.4 is 10.5 Å². The molecule has 2 N–H and O–H groups in total. The molecule has 0 spiro atoms. The first kappa shape index (κ1) is 20.8. The normalized spacial score (nSPS) is 19.2. The van der Waals surface area contributed by atoms with Gasteiger partial charge in [0.15, 0.2) is 0 Å². The quantitative estimate of drug-likeness (QED) is 0.819. The van der Waals surface area contributed by atoms with Gasteiger partial charge in [-0.3, -0.25) is 0 Å². The summed E-state index contributed by atoms with van der Waals surface area (Å²) in [5, 5.41) is 0.336.